The number of halogens is 2. The molecule has 0 heterocycles. The Morgan fingerprint density at radius 3 is 2.67 bits per heavy atom. The summed E-state index contributed by atoms with van der Waals surface area (Å²) < 4.78 is 5.74. The largest absolute Gasteiger partial charge is 0.425 e. The van der Waals surface area contributed by atoms with Crippen LogP contribution >= 0.6 is 31.9 Å². The Kier molecular flexibility index (Phi) is 3.75. The van der Waals surface area contributed by atoms with Crippen molar-refractivity contribution >= 4 is 37.8 Å². The number of rotatable bonds is 2. The molecule has 0 aliphatic heterocycles. The number of hydrogen-bond acceptors (Lipinski definition) is 2. The fourth-order valence-electron chi connectivity index (χ4n) is 0.677. The van der Waals surface area contributed by atoms with Crippen molar-refractivity contribution in [2.45, 2.75) is 0 Å². The zero-order chi connectivity index (χ0) is 8.97. The average molecular weight is 294 g/mol. The molecule has 12 heavy (non-hydrogen) atoms. The van der Waals surface area contributed by atoms with Crippen LogP contribution in [0.5, 0.6) is 5.75 Å². The first-order valence-corrected chi connectivity index (χ1v) is 5.16. The molecule has 1 aromatic rings. The summed E-state index contributed by atoms with van der Waals surface area (Å²) in [7, 11) is 0. The topological polar surface area (TPSA) is 26.3 Å². The molecule has 0 saturated carbocycles. The molecule has 1 aromatic carbocycles. The fourth-order valence-corrected chi connectivity index (χ4v) is 1.16. The Bertz CT molecular complexity index is 286. The number of benzene rings is 1. The van der Waals surface area contributed by atoms with E-state index in [1.807, 2.05) is 18.2 Å². The number of ether oxygens (including phenoxy) is 1. The Morgan fingerprint density at radius 2 is 2.08 bits per heavy atom. The second kappa shape index (κ2) is 4.62. The van der Waals surface area contributed by atoms with Crippen LogP contribution in [-0.2, 0) is 4.79 Å². The average Bonchev–Trinajstić information content (AvgIpc) is 2.09. The molecule has 0 atom stereocenters. The lowest BCUT2D eigenvalue weighted by molar-refractivity contribution is -0.131. The van der Waals surface area contributed by atoms with Gasteiger partial charge in [0.2, 0.25) is 0 Å². The number of carbonyl (C=O) groups is 1. The van der Waals surface area contributed by atoms with Crippen molar-refractivity contribution in [2.75, 3.05) is 5.33 Å². The second-order valence-electron chi connectivity index (χ2n) is 2.04. The highest BCUT2D eigenvalue weighted by atomic mass is 79.9. The molecule has 1 rings (SSSR count). The molecule has 0 fully saturated rings. The third kappa shape index (κ3) is 2.60. The first-order chi connectivity index (χ1) is 5.74. The van der Waals surface area contributed by atoms with Gasteiger partial charge in [-0.1, -0.05) is 28.1 Å². The van der Waals surface area contributed by atoms with Crippen molar-refractivity contribution in [3.05, 3.63) is 28.7 Å². The van der Waals surface area contributed by atoms with Crippen molar-refractivity contribution in [3.63, 3.8) is 0 Å². The standard InChI is InChI=1S/C8H6Br2O2/c9-5-8(11)12-7-4-2-1-3-6(7)10/h1-4H,5H2. The molecule has 0 bridgehead atoms. The van der Waals surface area contributed by atoms with Crippen molar-refractivity contribution in [3.8, 4) is 5.75 Å². The maximum absolute atomic E-state index is 10.8. The minimum Gasteiger partial charge on any atom is -0.425 e. The zero-order valence-electron chi connectivity index (χ0n) is 6.09. The van der Waals surface area contributed by atoms with Crippen LogP contribution in [0.4, 0.5) is 0 Å². The van der Waals surface area contributed by atoms with Gasteiger partial charge < -0.3 is 4.74 Å². The monoisotopic (exact) mass is 292 g/mol. The van der Waals surface area contributed by atoms with Crippen LogP contribution in [0.25, 0.3) is 0 Å². The normalized spacial score (nSPS) is 9.50. The third-order valence-corrected chi connectivity index (χ3v) is 2.28. The summed E-state index contributed by atoms with van der Waals surface area (Å²) in [4.78, 5) is 10.8. The number of esters is 1. The molecule has 0 unspecified atom stereocenters. The van der Waals surface area contributed by atoms with Crippen LogP contribution in [0.1, 0.15) is 0 Å². The van der Waals surface area contributed by atoms with E-state index >= 15 is 0 Å². The van der Waals surface area contributed by atoms with E-state index in [4.69, 9.17) is 4.74 Å². The highest BCUT2D eigenvalue weighted by Gasteiger charge is 2.04. The summed E-state index contributed by atoms with van der Waals surface area (Å²) in [5.41, 5.74) is 0. The van der Waals surface area contributed by atoms with E-state index in [1.165, 1.54) is 0 Å². The van der Waals surface area contributed by atoms with E-state index < -0.39 is 0 Å². The summed E-state index contributed by atoms with van der Waals surface area (Å²) in [6, 6.07) is 7.21. The molecule has 0 aromatic heterocycles. The van der Waals surface area contributed by atoms with Gasteiger partial charge in [0.15, 0.2) is 0 Å². The van der Waals surface area contributed by atoms with Crippen molar-refractivity contribution in [1.29, 1.82) is 0 Å². The second-order valence-corrected chi connectivity index (χ2v) is 3.45. The van der Waals surface area contributed by atoms with E-state index in [0.717, 1.165) is 4.47 Å². The van der Waals surface area contributed by atoms with E-state index in [1.54, 1.807) is 6.07 Å². The molecule has 4 heteroatoms. The first-order valence-electron chi connectivity index (χ1n) is 3.25. The maximum atomic E-state index is 10.8. The quantitative estimate of drug-likeness (QED) is 0.476. The SMILES string of the molecule is O=C(CBr)Oc1ccccc1Br. The van der Waals surface area contributed by atoms with Gasteiger partial charge in [-0.05, 0) is 28.1 Å². The molecule has 0 saturated heterocycles. The number of alkyl halides is 1. The molecular formula is C8H6Br2O2. The van der Waals surface area contributed by atoms with E-state index in [0.29, 0.717) is 5.75 Å². The Balaban J connectivity index is 2.75. The van der Waals surface area contributed by atoms with Gasteiger partial charge in [-0.25, -0.2) is 0 Å². The van der Waals surface area contributed by atoms with E-state index in [2.05, 4.69) is 31.9 Å². The van der Waals surface area contributed by atoms with Crippen LogP contribution in [0, 0.1) is 0 Å². The fraction of sp³-hybridized carbons (Fsp3) is 0.125. The highest BCUT2D eigenvalue weighted by molar-refractivity contribution is 9.10. The lowest BCUT2D eigenvalue weighted by atomic mass is 10.3. The van der Waals surface area contributed by atoms with Crippen LogP contribution in [0.15, 0.2) is 28.7 Å². The molecule has 0 radical (unpaired) electrons. The van der Waals surface area contributed by atoms with E-state index in [9.17, 15) is 4.79 Å². The van der Waals surface area contributed by atoms with Gasteiger partial charge in [0.1, 0.15) is 11.1 Å². The van der Waals surface area contributed by atoms with Crippen molar-refractivity contribution in [1.82, 2.24) is 0 Å². The number of carbonyl (C=O) groups excluding carboxylic acids is 1. The van der Waals surface area contributed by atoms with E-state index in [-0.39, 0.29) is 11.3 Å². The molecule has 0 N–H and O–H groups in total. The molecule has 0 spiro atoms. The first kappa shape index (κ1) is 9.74. The third-order valence-electron chi connectivity index (χ3n) is 1.17. The summed E-state index contributed by atoms with van der Waals surface area (Å²) >= 11 is 6.27. The van der Waals surface area contributed by atoms with Gasteiger partial charge >= 0.3 is 5.97 Å². The molecule has 64 valence electrons. The predicted molar refractivity (Wildman–Crippen MR) is 53.6 cm³/mol. The van der Waals surface area contributed by atoms with Crippen LogP contribution < -0.4 is 4.74 Å². The molecule has 0 aliphatic rings. The van der Waals surface area contributed by atoms with Gasteiger partial charge in [0.25, 0.3) is 0 Å². The summed E-state index contributed by atoms with van der Waals surface area (Å²) in [5.74, 6) is 0.240. The van der Waals surface area contributed by atoms with Crippen LogP contribution in [-0.4, -0.2) is 11.3 Å². The number of para-hydroxylation sites is 1. The number of hydrogen-bond donors (Lipinski definition) is 0. The Hall–Kier alpha value is -0.350. The highest BCUT2D eigenvalue weighted by Crippen LogP contribution is 2.23. The lowest BCUT2D eigenvalue weighted by Crippen LogP contribution is -2.08. The molecule has 2 nitrogen and oxygen atoms in total. The van der Waals surface area contributed by atoms with Gasteiger partial charge in [0.05, 0.1) is 4.47 Å². The van der Waals surface area contributed by atoms with Gasteiger partial charge in [-0.2, -0.15) is 0 Å². The Labute approximate surface area is 87.2 Å². The smallest absolute Gasteiger partial charge is 0.321 e. The van der Waals surface area contributed by atoms with Crippen molar-refractivity contribution < 1.29 is 9.53 Å². The summed E-state index contributed by atoms with van der Waals surface area (Å²) in [6.45, 7) is 0. The minimum atomic E-state index is -0.304. The molecule has 0 amide bonds. The predicted octanol–water partition coefficient (Wildman–Crippen LogP) is 2.75. The Morgan fingerprint density at radius 1 is 1.42 bits per heavy atom. The summed E-state index contributed by atoms with van der Waals surface area (Å²) in [6.07, 6.45) is 0. The van der Waals surface area contributed by atoms with Gasteiger partial charge in [-0.15, -0.1) is 0 Å². The maximum Gasteiger partial charge on any atom is 0.321 e. The minimum absolute atomic E-state index is 0.203. The van der Waals surface area contributed by atoms with Crippen LogP contribution in [0.3, 0.4) is 0 Å². The van der Waals surface area contributed by atoms with Gasteiger partial charge in [-0.3, -0.25) is 4.79 Å². The zero-order valence-corrected chi connectivity index (χ0v) is 9.26. The van der Waals surface area contributed by atoms with Crippen molar-refractivity contribution in [2.24, 2.45) is 0 Å². The molecule has 0 aliphatic carbocycles. The molecular weight excluding hydrogens is 288 g/mol. The van der Waals surface area contributed by atoms with Crippen LogP contribution in [0.2, 0.25) is 0 Å². The summed E-state index contributed by atoms with van der Waals surface area (Å²) in [5, 5.41) is 0.203. The van der Waals surface area contributed by atoms with Gasteiger partial charge in [0, 0.05) is 0 Å². The lowest BCUT2D eigenvalue weighted by Gasteiger charge is -2.02.